The van der Waals surface area contributed by atoms with Gasteiger partial charge in [-0.3, -0.25) is 9.36 Å². The molecule has 1 atom stereocenters. The number of amides is 1. The van der Waals surface area contributed by atoms with E-state index in [2.05, 4.69) is 16.7 Å². The van der Waals surface area contributed by atoms with Crippen molar-refractivity contribution in [3.63, 3.8) is 0 Å². The number of imidazole rings is 1. The van der Waals surface area contributed by atoms with E-state index in [1.807, 2.05) is 25.1 Å². The summed E-state index contributed by atoms with van der Waals surface area (Å²) in [5.74, 6) is 0.235. The molecule has 1 amide bonds. The van der Waals surface area contributed by atoms with E-state index in [1.54, 1.807) is 17.0 Å². The number of nitrogens with two attached hydrogens (primary N) is 1. The lowest BCUT2D eigenvalue weighted by molar-refractivity contribution is -0.116. The summed E-state index contributed by atoms with van der Waals surface area (Å²) in [6.07, 6.45) is 4.86. The molecule has 2 aliphatic rings. The van der Waals surface area contributed by atoms with Crippen molar-refractivity contribution in [3.05, 3.63) is 65.5 Å². The summed E-state index contributed by atoms with van der Waals surface area (Å²) < 4.78 is 25.6. The van der Waals surface area contributed by atoms with Gasteiger partial charge in [0.15, 0.2) is 5.16 Å². The predicted octanol–water partition coefficient (Wildman–Crippen LogP) is 3.47. The fraction of sp³-hybridized carbons (Fsp3) is 0.333. The van der Waals surface area contributed by atoms with Crippen molar-refractivity contribution < 1.29 is 13.2 Å². The van der Waals surface area contributed by atoms with Gasteiger partial charge in [0, 0.05) is 23.1 Å². The molecule has 0 bridgehead atoms. The van der Waals surface area contributed by atoms with Crippen LogP contribution in [0.3, 0.4) is 0 Å². The first-order chi connectivity index (χ1) is 15.8. The zero-order valence-electron chi connectivity index (χ0n) is 18.4. The molecule has 5 rings (SSSR count). The number of fused-ring (bicyclic) bond motifs is 2. The number of hydrogen-bond donors (Lipinski definition) is 1. The molecule has 1 aliphatic heterocycles. The Morgan fingerprint density at radius 3 is 2.67 bits per heavy atom. The summed E-state index contributed by atoms with van der Waals surface area (Å²) in [4.78, 5) is 20.0. The van der Waals surface area contributed by atoms with Crippen molar-refractivity contribution >= 4 is 33.4 Å². The van der Waals surface area contributed by atoms with Crippen LogP contribution in [0.25, 0.3) is 5.69 Å². The number of benzene rings is 2. The molecule has 3 aromatic rings. The summed E-state index contributed by atoms with van der Waals surface area (Å²) in [6.45, 7) is 1.98. The largest absolute Gasteiger partial charge is 0.308 e. The van der Waals surface area contributed by atoms with E-state index in [1.165, 1.54) is 23.5 Å². The molecule has 7 nitrogen and oxygen atoms in total. The lowest BCUT2D eigenvalue weighted by atomic mass is 10.0. The zero-order valence-corrected chi connectivity index (χ0v) is 20.0. The van der Waals surface area contributed by atoms with Gasteiger partial charge in [-0.1, -0.05) is 30.0 Å². The van der Waals surface area contributed by atoms with Crippen molar-refractivity contribution in [2.75, 3.05) is 10.7 Å². The number of nitrogens with zero attached hydrogens (tertiary/aromatic N) is 3. The standard InChI is InChI=1S/C24H26N4O3S2/c1-16-13-17-14-19(33(25,30)31)11-12-21(17)27(16)23(29)15-32-24-26-20-9-5-6-10-22(20)28(24)18-7-3-2-4-8-18/h2-4,7-8,11-12,14,16H,5-6,9-10,13,15H2,1H3,(H2,25,30,31). The van der Waals surface area contributed by atoms with Gasteiger partial charge in [0.1, 0.15) is 0 Å². The summed E-state index contributed by atoms with van der Waals surface area (Å²) in [5, 5.41) is 6.12. The number of para-hydroxylation sites is 1. The Morgan fingerprint density at radius 2 is 1.91 bits per heavy atom. The molecule has 9 heteroatoms. The Kier molecular flexibility index (Phi) is 5.80. The van der Waals surface area contributed by atoms with Crippen LogP contribution in [-0.2, 0) is 34.1 Å². The molecule has 2 N–H and O–H groups in total. The fourth-order valence-corrected chi connectivity index (χ4v) is 6.29. The molecule has 2 aromatic carbocycles. The summed E-state index contributed by atoms with van der Waals surface area (Å²) >= 11 is 1.46. The molecular formula is C24H26N4O3S2. The second kappa shape index (κ2) is 8.62. The molecule has 0 fully saturated rings. The Morgan fingerprint density at radius 1 is 1.15 bits per heavy atom. The van der Waals surface area contributed by atoms with Crippen molar-refractivity contribution in [1.29, 1.82) is 0 Å². The van der Waals surface area contributed by atoms with Crippen molar-refractivity contribution in [1.82, 2.24) is 9.55 Å². The Bertz CT molecular complexity index is 1320. The molecule has 1 aromatic heterocycles. The fourth-order valence-electron chi connectivity index (χ4n) is 4.82. The third kappa shape index (κ3) is 4.20. The quantitative estimate of drug-likeness (QED) is 0.562. The van der Waals surface area contributed by atoms with E-state index in [9.17, 15) is 13.2 Å². The topological polar surface area (TPSA) is 98.3 Å². The van der Waals surface area contributed by atoms with Crippen LogP contribution in [0.15, 0.2) is 58.6 Å². The highest BCUT2D eigenvalue weighted by molar-refractivity contribution is 7.99. The number of aromatic nitrogens is 2. The molecule has 0 saturated heterocycles. The van der Waals surface area contributed by atoms with Crippen LogP contribution in [0.2, 0.25) is 0 Å². The van der Waals surface area contributed by atoms with Gasteiger partial charge < -0.3 is 4.90 Å². The number of sulfonamides is 1. The van der Waals surface area contributed by atoms with Gasteiger partial charge in [-0.2, -0.15) is 0 Å². The number of hydrogen-bond acceptors (Lipinski definition) is 5. The van der Waals surface area contributed by atoms with E-state index >= 15 is 0 Å². The maximum absolute atomic E-state index is 13.3. The summed E-state index contributed by atoms with van der Waals surface area (Å²) in [5.41, 5.74) is 5.03. The first kappa shape index (κ1) is 22.2. The molecule has 33 heavy (non-hydrogen) atoms. The van der Waals surface area contributed by atoms with Crippen LogP contribution in [0, 0.1) is 0 Å². The van der Waals surface area contributed by atoms with Crippen molar-refractivity contribution in [2.24, 2.45) is 5.14 Å². The zero-order chi connectivity index (χ0) is 23.2. The third-order valence-corrected chi connectivity index (χ3v) is 8.14. The van der Waals surface area contributed by atoms with Crippen LogP contribution < -0.4 is 10.0 Å². The molecule has 0 radical (unpaired) electrons. The van der Waals surface area contributed by atoms with E-state index < -0.39 is 10.0 Å². The van der Waals surface area contributed by atoms with Gasteiger partial charge in [-0.15, -0.1) is 0 Å². The molecular weight excluding hydrogens is 456 g/mol. The Labute approximate surface area is 198 Å². The Hall–Kier alpha value is -2.62. The maximum atomic E-state index is 13.3. The molecule has 2 heterocycles. The smallest absolute Gasteiger partial charge is 0.238 e. The minimum atomic E-state index is -3.78. The molecule has 172 valence electrons. The van der Waals surface area contributed by atoms with Crippen LogP contribution in [0.4, 0.5) is 5.69 Å². The average Bonchev–Trinajstić information content (AvgIpc) is 3.33. The lowest BCUT2D eigenvalue weighted by Crippen LogP contribution is -2.37. The van der Waals surface area contributed by atoms with Gasteiger partial charge >= 0.3 is 0 Å². The van der Waals surface area contributed by atoms with Gasteiger partial charge in [0.2, 0.25) is 15.9 Å². The highest BCUT2D eigenvalue weighted by Crippen LogP contribution is 2.35. The minimum Gasteiger partial charge on any atom is -0.308 e. The Balaban J connectivity index is 1.40. The highest BCUT2D eigenvalue weighted by Gasteiger charge is 2.32. The van der Waals surface area contributed by atoms with Crippen LogP contribution in [-0.4, -0.2) is 35.7 Å². The second-order valence-electron chi connectivity index (χ2n) is 8.61. The monoisotopic (exact) mass is 482 g/mol. The normalized spacial score (nSPS) is 17.6. The van der Waals surface area contributed by atoms with Crippen molar-refractivity contribution in [3.8, 4) is 5.69 Å². The maximum Gasteiger partial charge on any atom is 0.238 e. The first-order valence-electron chi connectivity index (χ1n) is 11.1. The molecule has 0 saturated carbocycles. The van der Waals surface area contributed by atoms with E-state index in [0.29, 0.717) is 6.42 Å². The summed E-state index contributed by atoms with van der Waals surface area (Å²) in [7, 11) is -3.78. The number of thioether (sulfide) groups is 1. The minimum absolute atomic E-state index is 0.0183. The average molecular weight is 483 g/mol. The summed E-state index contributed by atoms with van der Waals surface area (Å²) in [6, 6.07) is 14.9. The SMILES string of the molecule is CC1Cc2cc(S(N)(=O)=O)ccc2N1C(=O)CSc1nc2c(n1-c1ccccc1)CCCC2. The number of aryl methyl sites for hydroxylation is 1. The predicted molar refractivity (Wildman–Crippen MR) is 129 cm³/mol. The number of primary sulfonamides is 1. The molecule has 0 spiro atoms. The first-order valence-corrected chi connectivity index (χ1v) is 13.6. The molecule has 1 aliphatic carbocycles. The van der Waals surface area contributed by atoms with E-state index in [-0.39, 0.29) is 22.6 Å². The van der Waals surface area contributed by atoms with Gasteiger partial charge in [0.25, 0.3) is 0 Å². The van der Waals surface area contributed by atoms with Gasteiger partial charge in [-0.25, -0.2) is 18.5 Å². The second-order valence-corrected chi connectivity index (χ2v) is 11.1. The van der Waals surface area contributed by atoms with Crippen LogP contribution >= 0.6 is 11.8 Å². The van der Waals surface area contributed by atoms with E-state index in [4.69, 9.17) is 10.1 Å². The third-order valence-electron chi connectivity index (χ3n) is 6.31. The highest BCUT2D eigenvalue weighted by atomic mass is 32.2. The molecule has 1 unspecified atom stereocenters. The lowest BCUT2D eigenvalue weighted by Gasteiger charge is -2.22. The van der Waals surface area contributed by atoms with E-state index in [0.717, 1.165) is 53.5 Å². The number of anilines is 1. The van der Waals surface area contributed by atoms with Gasteiger partial charge in [-0.05, 0) is 74.9 Å². The number of rotatable bonds is 5. The number of carbonyl (C=O) groups excluding carboxylic acids is 1. The number of carbonyl (C=O) groups is 1. The van der Waals surface area contributed by atoms with Crippen LogP contribution in [0.5, 0.6) is 0 Å². The van der Waals surface area contributed by atoms with Crippen LogP contribution in [0.1, 0.15) is 36.7 Å². The van der Waals surface area contributed by atoms with Crippen molar-refractivity contribution in [2.45, 2.75) is 55.1 Å². The van der Waals surface area contributed by atoms with Gasteiger partial charge in [0.05, 0.1) is 16.3 Å².